The van der Waals surface area contributed by atoms with Gasteiger partial charge in [-0.2, -0.15) is 0 Å². The summed E-state index contributed by atoms with van der Waals surface area (Å²) >= 11 is 0. The Kier molecular flexibility index (Phi) is 8.95. The SMILES string of the molecule is c1ccc(-c2cccc(N(c3c(-c4ccccc4)cccc3-c3ccccc3)c3cccc4c3c(-c3ccccc3)c(-c3ccccc3)c3ccccc34)c2)cc1. The summed E-state index contributed by atoms with van der Waals surface area (Å²) in [5.74, 6) is 0. The van der Waals surface area contributed by atoms with Crippen molar-refractivity contribution in [2.45, 2.75) is 0 Å². The van der Waals surface area contributed by atoms with Crippen molar-refractivity contribution in [3.05, 3.63) is 237 Å². The lowest BCUT2D eigenvalue weighted by atomic mass is 9.84. The number of hydrogen-bond donors (Lipinski definition) is 0. The summed E-state index contributed by atoms with van der Waals surface area (Å²) in [6, 6.07) is 85.8. The maximum absolute atomic E-state index is 2.54. The van der Waals surface area contributed by atoms with Crippen molar-refractivity contribution in [3.8, 4) is 55.6 Å². The van der Waals surface area contributed by atoms with Gasteiger partial charge in [0.2, 0.25) is 0 Å². The second-order valence-corrected chi connectivity index (χ2v) is 14.4. The summed E-state index contributed by atoms with van der Waals surface area (Å²) < 4.78 is 0. The summed E-state index contributed by atoms with van der Waals surface area (Å²) in [6.45, 7) is 0. The normalized spacial score (nSPS) is 11.2. The van der Waals surface area contributed by atoms with Crippen LogP contribution in [0.4, 0.5) is 17.1 Å². The Hall–Kier alpha value is -7.48. The highest BCUT2D eigenvalue weighted by Gasteiger charge is 2.27. The third-order valence-corrected chi connectivity index (χ3v) is 11.0. The Balaban J connectivity index is 1.41. The van der Waals surface area contributed by atoms with Crippen molar-refractivity contribution < 1.29 is 0 Å². The van der Waals surface area contributed by atoms with Gasteiger partial charge < -0.3 is 4.90 Å². The highest BCUT2D eigenvalue weighted by molar-refractivity contribution is 6.25. The van der Waals surface area contributed by atoms with Crippen molar-refractivity contribution in [2.24, 2.45) is 0 Å². The molecule has 0 aromatic heterocycles. The van der Waals surface area contributed by atoms with E-state index in [0.29, 0.717) is 0 Å². The molecule has 0 aliphatic heterocycles. The average molecular weight is 726 g/mol. The molecular formula is C56H39N. The van der Waals surface area contributed by atoms with Gasteiger partial charge in [0.15, 0.2) is 0 Å². The fraction of sp³-hybridized carbons (Fsp3) is 0. The van der Waals surface area contributed by atoms with Gasteiger partial charge in [-0.3, -0.25) is 0 Å². The van der Waals surface area contributed by atoms with Crippen LogP contribution < -0.4 is 4.90 Å². The van der Waals surface area contributed by atoms with Gasteiger partial charge in [0.05, 0.1) is 11.4 Å². The van der Waals surface area contributed by atoms with Crippen LogP contribution in [0, 0.1) is 0 Å². The molecule has 10 aromatic carbocycles. The molecule has 0 spiro atoms. The van der Waals surface area contributed by atoms with E-state index in [4.69, 9.17) is 0 Å². The van der Waals surface area contributed by atoms with Gasteiger partial charge in [-0.1, -0.05) is 218 Å². The molecule has 0 radical (unpaired) electrons. The van der Waals surface area contributed by atoms with E-state index in [1.54, 1.807) is 0 Å². The summed E-state index contributed by atoms with van der Waals surface area (Å²) in [4.78, 5) is 2.54. The standard InChI is InChI=1S/C56H39N/c1-6-21-40(22-7-1)45-31-18-32-46(39-45)57(56-47(41-23-8-2-9-24-41)35-19-36-48(56)42-25-10-3-11-26-42)52-38-20-37-51-49-33-16-17-34-50(49)53(43-27-12-4-13-28-43)54(55(51)52)44-29-14-5-15-30-44/h1-39H. The molecule has 0 saturated carbocycles. The van der Waals surface area contributed by atoms with Gasteiger partial charge in [-0.05, 0) is 73.3 Å². The summed E-state index contributed by atoms with van der Waals surface area (Å²) in [7, 11) is 0. The van der Waals surface area contributed by atoms with E-state index in [-0.39, 0.29) is 0 Å². The zero-order chi connectivity index (χ0) is 38.0. The van der Waals surface area contributed by atoms with Crippen LogP contribution in [-0.2, 0) is 0 Å². The molecule has 1 nitrogen and oxygen atoms in total. The zero-order valence-corrected chi connectivity index (χ0v) is 31.5. The molecule has 0 amide bonds. The number of benzene rings is 10. The largest absolute Gasteiger partial charge is 0.309 e. The van der Waals surface area contributed by atoms with Gasteiger partial charge in [0.25, 0.3) is 0 Å². The first-order valence-electron chi connectivity index (χ1n) is 19.6. The Labute approximate surface area is 334 Å². The molecule has 10 rings (SSSR count). The van der Waals surface area contributed by atoms with Gasteiger partial charge in [-0.25, -0.2) is 0 Å². The molecule has 0 atom stereocenters. The molecular weight excluding hydrogens is 687 g/mol. The Morgan fingerprint density at radius 3 is 1.26 bits per heavy atom. The van der Waals surface area contributed by atoms with Crippen LogP contribution in [0.3, 0.4) is 0 Å². The maximum Gasteiger partial charge on any atom is 0.0618 e. The predicted molar refractivity (Wildman–Crippen MR) is 243 cm³/mol. The minimum Gasteiger partial charge on any atom is -0.309 e. The molecule has 0 heterocycles. The quantitative estimate of drug-likeness (QED) is 0.141. The molecule has 10 aromatic rings. The first-order chi connectivity index (χ1) is 28.3. The van der Waals surface area contributed by atoms with Crippen molar-refractivity contribution in [3.63, 3.8) is 0 Å². The van der Waals surface area contributed by atoms with Crippen LogP contribution in [0.25, 0.3) is 77.2 Å². The van der Waals surface area contributed by atoms with E-state index in [2.05, 4.69) is 241 Å². The van der Waals surface area contributed by atoms with Crippen LogP contribution in [-0.4, -0.2) is 0 Å². The van der Waals surface area contributed by atoms with Crippen LogP contribution in [0.2, 0.25) is 0 Å². The van der Waals surface area contributed by atoms with Crippen molar-refractivity contribution >= 4 is 38.6 Å². The third-order valence-electron chi connectivity index (χ3n) is 11.0. The van der Waals surface area contributed by atoms with Gasteiger partial charge in [0, 0.05) is 27.8 Å². The first-order valence-corrected chi connectivity index (χ1v) is 19.6. The molecule has 0 aliphatic carbocycles. The lowest BCUT2D eigenvalue weighted by Gasteiger charge is -2.33. The van der Waals surface area contributed by atoms with Crippen molar-refractivity contribution in [2.75, 3.05) is 4.90 Å². The van der Waals surface area contributed by atoms with Gasteiger partial charge in [0.1, 0.15) is 0 Å². The van der Waals surface area contributed by atoms with Gasteiger partial charge in [-0.15, -0.1) is 0 Å². The van der Waals surface area contributed by atoms with Gasteiger partial charge >= 0.3 is 0 Å². The number of para-hydroxylation sites is 1. The smallest absolute Gasteiger partial charge is 0.0618 e. The van der Waals surface area contributed by atoms with Crippen LogP contribution >= 0.6 is 0 Å². The molecule has 1 heteroatoms. The van der Waals surface area contributed by atoms with Crippen LogP contribution in [0.15, 0.2) is 237 Å². The molecule has 0 fully saturated rings. The fourth-order valence-corrected chi connectivity index (χ4v) is 8.54. The van der Waals surface area contributed by atoms with Crippen LogP contribution in [0.1, 0.15) is 0 Å². The molecule has 0 N–H and O–H groups in total. The predicted octanol–water partition coefficient (Wildman–Crippen LogP) is 15.8. The number of rotatable bonds is 8. The van der Waals surface area contributed by atoms with E-state index >= 15 is 0 Å². The van der Waals surface area contributed by atoms with E-state index in [1.165, 1.54) is 49.4 Å². The van der Waals surface area contributed by atoms with E-state index in [9.17, 15) is 0 Å². The molecule has 0 unspecified atom stereocenters. The first kappa shape index (κ1) is 34.0. The van der Waals surface area contributed by atoms with Crippen molar-refractivity contribution in [1.82, 2.24) is 0 Å². The van der Waals surface area contributed by atoms with E-state index in [0.717, 1.165) is 44.9 Å². The minimum atomic E-state index is 1.08. The average Bonchev–Trinajstić information content (AvgIpc) is 3.30. The third kappa shape index (κ3) is 6.26. The Bertz CT molecular complexity index is 2920. The molecule has 0 saturated heterocycles. The fourth-order valence-electron chi connectivity index (χ4n) is 8.54. The zero-order valence-electron chi connectivity index (χ0n) is 31.5. The lowest BCUT2D eigenvalue weighted by molar-refractivity contribution is 1.30. The molecule has 268 valence electrons. The number of nitrogens with zero attached hydrogens (tertiary/aromatic N) is 1. The topological polar surface area (TPSA) is 3.24 Å². The van der Waals surface area contributed by atoms with Crippen molar-refractivity contribution in [1.29, 1.82) is 0 Å². The summed E-state index contributed by atoms with van der Waals surface area (Å²) in [5.41, 5.74) is 15.1. The Morgan fingerprint density at radius 2 is 0.684 bits per heavy atom. The second kappa shape index (κ2) is 15.0. The van der Waals surface area contributed by atoms with Crippen LogP contribution in [0.5, 0.6) is 0 Å². The maximum atomic E-state index is 2.54. The van der Waals surface area contributed by atoms with E-state index in [1.807, 2.05) is 0 Å². The number of hydrogen-bond acceptors (Lipinski definition) is 1. The van der Waals surface area contributed by atoms with E-state index < -0.39 is 0 Å². The molecule has 57 heavy (non-hydrogen) atoms. The highest BCUT2D eigenvalue weighted by atomic mass is 15.1. The number of anilines is 3. The lowest BCUT2D eigenvalue weighted by Crippen LogP contribution is -2.14. The summed E-state index contributed by atoms with van der Waals surface area (Å²) in [5, 5.41) is 4.88. The Morgan fingerprint density at radius 1 is 0.263 bits per heavy atom. The monoisotopic (exact) mass is 725 g/mol. The molecule has 0 bridgehead atoms. The second-order valence-electron chi connectivity index (χ2n) is 14.4. The summed E-state index contributed by atoms with van der Waals surface area (Å²) in [6.07, 6.45) is 0. The molecule has 0 aliphatic rings. The highest BCUT2D eigenvalue weighted by Crippen LogP contribution is 2.53. The number of fused-ring (bicyclic) bond motifs is 3. The minimum absolute atomic E-state index is 1.08.